The van der Waals surface area contributed by atoms with E-state index in [4.69, 9.17) is 0 Å². The Kier molecular flexibility index (Phi) is 6.28. The van der Waals surface area contributed by atoms with Crippen LogP contribution in [0.25, 0.3) is 10.8 Å². The lowest BCUT2D eigenvalue weighted by molar-refractivity contribution is -0.124. The SMILES string of the molecule is O=C(NNS(=O)(=O)c1ccccc1)[C@@H]1C[C@@H](S)CN1S(=O)(=O)c1ccc2ccccc2c1. The van der Waals surface area contributed by atoms with Crippen LogP contribution in [-0.2, 0) is 24.8 Å². The van der Waals surface area contributed by atoms with Gasteiger partial charge in [0.15, 0.2) is 0 Å². The monoisotopic (exact) mass is 491 g/mol. The van der Waals surface area contributed by atoms with Gasteiger partial charge >= 0.3 is 0 Å². The highest BCUT2D eigenvalue weighted by Gasteiger charge is 2.43. The lowest BCUT2D eigenvalue weighted by Gasteiger charge is -2.23. The van der Waals surface area contributed by atoms with Gasteiger partial charge in [-0.3, -0.25) is 10.2 Å². The van der Waals surface area contributed by atoms with Gasteiger partial charge in [0.1, 0.15) is 6.04 Å². The highest BCUT2D eigenvalue weighted by molar-refractivity contribution is 7.89. The number of nitrogens with zero attached hydrogens (tertiary/aromatic N) is 1. The first-order valence-corrected chi connectivity index (χ1v) is 13.2. The molecule has 0 bridgehead atoms. The Morgan fingerprint density at radius 3 is 2.25 bits per heavy atom. The highest BCUT2D eigenvalue weighted by Crippen LogP contribution is 2.30. The molecule has 4 rings (SSSR count). The molecule has 2 atom stereocenters. The Labute approximate surface area is 192 Å². The number of sulfonamides is 2. The molecule has 0 aromatic heterocycles. The van der Waals surface area contributed by atoms with Crippen LogP contribution in [0.15, 0.2) is 82.6 Å². The number of amides is 1. The third-order valence-corrected chi connectivity index (χ3v) is 8.73. The number of nitrogens with one attached hydrogen (secondary N) is 2. The van der Waals surface area contributed by atoms with Gasteiger partial charge in [-0.05, 0) is 41.5 Å². The fourth-order valence-electron chi connectivity index (χ4n) is 3.61. The van der Waals surface area contributed by atoms with Crippen LogP contribution < -0.4 is 10.3 Å². The molecule has 1 aliphatic rings. The van der Waals surface area contributed by atoms with E-state index in [0.29, 0.717) is 0 Å². The highest BCUT2D eigenvalue weighted by atomic mass is 32.2. The van der Waals surface area contributed by atoms with Gasteiger partial charge in [-0.2, -0.15) is 16.9 Å². The molecule has 3 aromatic carbocycles. The van der Waals surface area contributed by atoms with Crippen molar-refractivity contribution in [3.8, 4) is 0 Å². The number of carbonyl (C=O) groups excluding carboxylic acids is 1. The molecule has 0 unspecified atom stereocenters. The Morgan fingerprint density at radius 2 is 1.53 bits per heavy atom. The Balaban J connectivity index is 1.56. The van der Waals surface area contributed by atoms with E-state index in [1.54, 1.807) is 30.3 Å². The van der Waals surface area contributed by atoms with Gasteiger partial charge < -0.3 is 0 Å². The Bertz CT molecular complexity index is 1360. The summed E-state index contributed by atoms with van der Waals surface area (Å²) in [4.78, 5) is 14.8. The molecule has 0 radical (unpaired) electrons. The van der Waals surface area contributed by atoms with Gasteiger partial charge in [0.2, 0.25) is 10.0 Å². The quantitative estimate of drug-likeness (QED) is 0.360. The summed E-state index contributed by atoms with van der Waals surface area (Å²) in [6, 6.07) is 18.5. The molecule has 1 fully saturated rings. The minimum absolute atomic E-state index is 0.0283. The largest absolute Gasteiger partial charge is 0.276 e. The predicted molar refractivity (Wildman–Crippen MR) is 124 cm³/mol. The average molecular weight is 492 g/mol. The van der Waals surface area contributed by atoms with Gasteiger partial charge in [0.25, 0.3) is 15.9 Å². The van der Waals surface area contributed by atoms with E-state index in [0.717, 1.165) is 15.1 Å². The van der Waals surface area contributed by atoms with Crippen LogP contribution in [0.2, 0.25) is 0 Å². The molecule has 8 nitrogen and oxygen atoms in total. The number of carbonyl (C=O) groups is 1. The second kappa shape index (κ2) is 8.83. The normalized spacial score (nSPS) is 19.8. The Hall–Kier alpha value is -2.44. The zero-order chi connectivity index (χ0) is 22.9. The van der Waals surface area contributed by atoms with E-state index in [2.05, 4.69) is 18.1 Å². The van der Waals surface area contributed by atoms with Crippen molar-refractivity contribution < 1.29 is 21.6 Å². The average Bonchev–Trinajstić information content (AvgIpc) is 3.20. The summed E-state index contributed by atoms with van der Waals surface area (Å²) in [5.74, 6) is -0.773. The fraction of sp³-hybridized carbons (Fsp3) is 0.190. The molecule has 168 valence electrons. The van der Waals surface area contributed by atoms with Gasteiger partial charge in [0.05, 0.1) is 9.79 Å². The third-order valence-electron chi connectivity index (χ3n) is 5.23. The van der Waals surface area contributed by atoms with Crippen molar-refractivity contribution in [2.75, 3.05) is 6.54 Å². The molecule has 1 aliphatic heterocycles. The molecule has 1 heterocycles. The second-order valence-corrected chi connectivity index (χ2v) is 11.7. The molecular formula is C21H21N3O5S3. The summed E-state index contributed by atoms with van der Waals surface area (Å²) in [7, 11) is -8.01. The van der Waals surface area contributed by atoms with Crippen LogP contribution >= 0.6 is 12.6 Å². The van der Waals surface area contributed by atoms with Crippen LogP contribution in [0.1, 0.15) is 6.42 Å². The number of thiol groups is 1. The zero-order valence-electron chi connectivity index (χ0n) is 16.7. The first kappa shape index (κ1) is 22.7. The number of hydrazine groups is 1. The summed E-state index contributed by atoms with van der Waals surface area (Å²) >= 11 is 4.37. The fourth-order valence-corrected chi connectivity index (χ4v) is 6.64. The number of rotatable bonds is 6. The van der Waals surface area contributed by atoms with Crippen molar-refractivity contribution in [3.05, 3.63) is 72.8 Å². The van der Waals surface area contributed by atoms with Crippen molar-refractivity contribution in [2.45, 2.75) is 27.5 Å². The molecule has 3 aromatic rings. The predicted octanol–water partition coefficient (Wildman–Crippen LogP) is 1.91. The first-order valence-electron chi connectivity index (χ1n) is 9.74. The van der Waals surface area contributed by atoms with Crippen molar-refractivity contribution in [2.24, 2.45) is 0 Å². The van der Waals surface area contributed by atoms with Gasteiger partial charge in [-0.1, -0.05) is 48.5 Å². The smallest absolute Gasteiger partial charge is 0.257 e. The lowest BCUT2D eigenvalue weighted by Crippen LogP contribution is -2.51. The van der Waals surface area contributed by atoms with Crippen molar-refractivity contribution in [3.63, 3.8) is 0 Å². The van der Waals surface area contributed by atoms with Crippen LogP contribution in [0.5, 0.6) is 0 Å². The lowest BCUT2D eigenvalue weighted by atomic mass is 10.1. The molecule has 32 heavy (non-hydrogen) atoms. The maximum atomic E-state index is 13.3. The van der Waals surface area contributed by atoms with E-state index in [9.17, 15) is 21.6 Å². The minimum atomic E-state index is -4.02. The first-order chi connectivity index (χ1) is 15.2. The third kappa shape index (κ3) is 4.52. The molecule has 2 N–H and O–H groups in total. The maximum absolute atomic E-state index is 13.3. The molecule has 1 amide bonds. The van der Waals surface area contributed by atoms with Gasteiger partial charge in [-0.15, -0.1) is 4.83 Å². The number of benzene rings is 3. The van der Waals surface area contributed by atoms with E-state index >= 15 is 0 Å². The molecule has 0 saturated carbocycles. The van der Waals surface area contributed by atoms with Crippen molar-refractivity contribution >= 4 is 49.4 Å². The molecule has 0 spiro atoms. The van der Waals surface area contributed by atoms with E-state index < -0.39 is 32.0 Å². The van der Waals surface area contributed by atoms with Crippen LogP contribution in [0.3, 0.4) is 0 Å². The van der Waals surface area contributed by atoms with Crippen molar-refractivity contribution in [1.29, 1.82) is 0 Å². The summed E-state index contributed by atoms with van der Waals surface area (Å²) in [6.45, 7) is 0.0296. The number of fused-ring (bicyclic) bond motifs is 1. The van der Waals surface area contributed by atoms with E-state index in [-0.39, 0.29) is 28.0 Å². The summed E-state index contributed by atoms with van der Waals surface area (Å²) in [5.41, 5.74) is 2.15. The standard InChI is InChI=1S/C21H21N3O5S3/c25-21(22-23-31(26,27)18-8-2-1-3-9-18)20-13-17(30)14-24(20)32(28,29)19-11-10-15-6-4-5-7-16(15)12-19/h1-12,17,20,23,30H,13-14H2,(H,22,25)/t17-,20+/m1/s1. The van der Waals surface area contributed by atoms with E-state index in [1.165, 1.54) is 18.2 Å². The summed E-state index contributed by atoms with van der Waals surface area (Å²) in [5, 5.41) is 1.28. The van der Waals surface area contributed by atoms with Gasteiger partial charge in [-0.25, -0.2) is 16.8 Å². The number of hydrogen-bond acceptors (Lipinski definition) is 6. The number of hydrogen-bond donors (Lipinski definition) is 3. The van der Waals surface area contributed by atoms with Crippen LogP contribution in [-0.4, -0.2) is 44.9 Å². The summed E-state index contributed by atoms with van der Waals surface area (Å²) in [6.07, 6.45) is 0.148. The molecular weight excluding hydrogens is 470 g/mol. The van der Waals surface area contributed by atoms with Crippen molar-refractivity contribution in [1.82, 2.24) is 14.6 Å². The maximum Gasteiger partial charge on any atom is 0.257 e. The molecule has 11 heteroatoms. The summed E-state index contributed by atoms with van der Waals surface area (Å²) < 4.78 is 52.5. The van der Waals surface area contributed by atoms with Crippen LogP contribution in [0.4, 0.5) is 0 Å². The molecule has 1 saturated heterocycles. The zero-order valence-corrected chi connectivity index (χ0v) is 19.3. The Morgan fingerprint density at radius 1 is 0.875 bits per heavy atom. The molecule has 0 aliphatic carbocycles. The minimum Gasteiger partial charge on any atom is -0.276 e. The van der Waals surface area contributed by atoms with Gasteiger partial charge in [0, 0.05) is 11.8 Å². The second-order valence-electron chi connectivity index (χ2n) is 7.40. The van der Waals surface area contributed by atoms with Crippen LogP contribution in [0, 0.1) is 0 Å². The topological polar surface area (TPSA) is 113 Å². The van der Waals surface area contributed by atoms with E-state index in [1.807, 2.05) is 29.1 Å².